The maximum atomic E-state index is 11.9. The lowest BCUT2D eigenvalue weighted by atomic mass is 10.1. The molecular weight excluding hydrogens is 384 g/mol. The molecule has 0 atom stereocenters. The highest BCUT2D eigenvalue weighted by Crippen LogP contribution is 2.15. The maximum Gasteiger partial charge on any atom is 0.306 e. The zero-order valence-electron chi connectivity index (χ0n) is 15.2. The molecule has 0 aliphatic heterocycles. The third-order valence-electron chi connectivity index (χ3n) is 3.58. The lowest BCUT2D eigenvalue weighted by Crippen LogP contribution is -2.21. The predicted molar refractivity (Wildman–Crippen MR) is 105 cm³/mol. The van der Waals surface area contributed by atoms with Gasteiger partial charge in [0.25, 0.3) is 5.91 Å². The molecule has 2 amide bonds. The lowest BCUT2D eigenvalue weighted by Gasteiger charge is -2.08. The van der Waals surface area contributed by atoms with Crippen molar-refractivity contribution in [2.24, 2.45) is 0 Å². The van der Waals surface area contributed by atoms with Gasteiger partial charge in [0.15, 0.2) is 12.4 Å². The zero-order chi connectivity index (χ0) is 20.5. The van der Waals surface area contributed by atoms with Gasteiger partial charge in [0.05, 0.1) is 6.42 Å². The van der Waals surface area contributed by atoms with Gasteiger partial charge in [-0.15, -0.1) is 0 Å². The smallest absolute Gasteiger partial charge is 0.306 e. The van der Waals surface area contributed by atoms with Crippen LogP contribution in [0.15, 0.2) is 48.5 Å². The summed E-state index contributed by atoms with van der Waals surface area (Å²) in [5.41, 5.74) is 1.43. The van der Waals surface area contributed by atoms with E-state index in [1.807, 2.05) is 0 Å². The van der Waals surface area contributed by atoms with E-state index in [2.05, 4.69) is 10.6 Å². The summed E-state index contributed by atoms with van der Waals surface area (Å²) in [6.07, 6.45) is -0.290. The summed E-state index contributed by atoms with van der Waals surface area (Å²) in [7, 11) is 0. The number of Topliss-reactive ketones (excluding diaryl/α,β-unsaturated/α-hetero) is 1. The van der Waals surface area contributed by atoms with E-state index in [-0.39, 0.29) is 18.6 Å². The maximum absolute atomic E-state index is 11.9. The Kier molecular flexibility index (Phi) is 7.71. The molecule has 0 radical (unpaired) electrons. The molecule has 28 heavy (non-hydrogen) atoms. The van der Waals surface area contributed by atoms with Crippen molar-refractivity contribution in [1.82, 2.24) is 0 Å². The van der Waals surface area contributed by atoms with Gasteiger partial charge in [0.2, 0.25) is 5.91 Å². The van der Waals surface area contributed by atoms with E-state index in [1.165, 1.54) is 6.92 Å². The molecule has 0 heterocycles. The lowest BCUT2D eigenvalue weighted by molar-refractivity contribution is -0.147. The summed E-state index contributed by atoms with van der Waals surface area (Å²) in [4.78, 5) is 46.7. The number of nitrogens with one attached hydrogen (secondary N) is 2. The molecule has 146 valence electrons. The number of benzene rings is 2. The standard InChI is InChI=1S/C20H19ClN2O5/c1-13(24)14-4-2-6-16(10-14)22-18(25)8-9-20(27)28-12-19(26)23-17-7-3-5-15(21)11-17/h2-7,10-11H,8-9,12H2,1H3,(H,22,25)(H,23,26). The first-order chi connectivity index (χ1) is 13.3. The van der Waals surface area contributed by atoms with Crippen LogP contribution in [0.3, 0.4) is 0 Å². The first-order valence-corrected chi connectivity index (χ1v) is 8.83. The highest BCUT2D eigenvalue weighted by Gasteiger charge is 2.11. The van der Waals surface area contributed by atoms with Crippen molar-refractivity contribution in [1.29, 1.82) is 0 Å². The van der Waals surface area contributed by atoms with E-state index in [0.717, 1.165) is 0 Å². The Morgan fingerprint density at radius 3 is 2.21 bits per heavy atom. The Balaban J connectivity index is 1.71. The normalized spacial score (nSPS) is 10.1. The van der Waals surface area contributed by atoms with E-state index in [4.69, 9.17) is 16.3 Å². The Bertz CT molecular complexity index is 898. The molecule has 2 N–H and O–H groups in total. The monoisotopic (exact) mass is 402 g/mol. The summed E-state index contributed by atoms with van der Waals surface area (Å²) < 4.78 is 4.85. The third-order valence-corrected chi connectivity index (χ3v) is 3.82. The van der Waals surface area contributed by atoms with Gasteiger partial charge in [-0.3, -0.25) is 19.2 Å². The summed E-state index contributed by atoms with van der Waals surface area (Å²) in [6.45, 7) is 0.965. The van der Waals surface area contributed by atoms with Gasteiger partial charge in [-0.05, 0) is 37.3 Å². The van der Waals surface area contributed by atoms with E-state index < -0.39 is 24.4 Å². The van der Waals surface area contributed by atoms with Crippen LogP contribution in [0.1, 0.15) is 30.1 Å². The number of hydrogen-bond donors (Lipinski definition) is 2. The molecule has 0 bridgehead atoms. The van der Waals surface area contributed by atoms with Crippen LogP contribution in [0.5, 0.6) is 0 Å². The Labute approximate surface area is 167 Å². The van der Waals surface area contributed by atoms with Gasteiger partial charge in [-0.25, -0.2) is 0 Å². The van der Waals surface area contributed by atoms with E-state index in [1.54, 1.807) is 48.5 Å². The van der Waals surface area contributed by atoms with E-state index in [9.17, 15) is 19.2 Å². The first kappa shape index (κ1) is 21.1. The summed E-state index contributed by atoms with van der Waals surface area (Å²) in [6, 6.07) is 13.0. The minimum Gasteiger partial charge on any atom is -0.456 e. The molecule has 0 spiro atoms. The molecule has 0 aromatic heterocycles. The van der Waals surface area contributed by atoms with Gasteiger partial charge in [-0.2, -0.15) is 0 Å². The number of rotatable bonds is 8. The number of halogens is 1. The highest BCUT2D eigenvalue weighted by molar-refractivity contribution is 6.30. The van der Waals surface area contributed by atoms with Crippen molar-refractivity contribution in [3.63, 3.8) is 0 Å². The van der Waals surface area contributed by atoms with Crippen molar-refractivity contribution >= 4 is 46.5 Å². The van der Waals surface area contributed by atoms with Crippen molar-refractivity contribution in [2.45, 2.75) is 19.8 Å². The quantitative estimate of drug-likeness (QED) is 0.520. The molecule has 0 saturated carbocycles. The average molecular weight is 403 g/mol. The van der Waals surface area contributed by atoms with Crippen molar-refractivity contribution in [2.75, 3.05) is 17.2 Å². The van der Waals surface area contributed by atoms with Crippen LogP contribution in [0.2, 0.25) is 5.02 Å². The number of ether oxygens (including phenoxy) is 1. The highest BCUT2D eigenvalue weighted by atomic mass is 35.5. The Morgan fingerprint density at radius 1 is 0.893 bits per heavy atom. The fraction of sp³-hybridized carbons (Fsp3) is 0.200. The van der Waals surface area contributed by atoms with Crippen LogP contribution in [0.25, 0.3) is 0 Å². The fourth-order valence-corrected chi connectivity index (χ4v) is 2.43. The number of esters is 1. The van der Waals surface area contributed by atoms with Crippen LogP contribution >= 0.6 is 11.6 Å². The molecule has 2 aromatic carbocycles. The Morgan fingerprint density at radius 2 is 1.54 bits per heavy atom. The zero-order valence-corrected chi connectivity index (χ0v) is 15.9. The van der Waals surface area contributed by atoms with Crippen LogP contribution < -0.4 is 10.6 Å². The van der Waals surface area contributed by atoms with E-state index >= 15 is 0 Å². The van der Waals surface area contributed by atoms with Crippen LogP contribution in [0.4, 0.5) is 11.4 Å². The molecule has 0 aliphatic rings. The topological polar surface area (TPSA) is 102 Å². The second-order valence-corrected chi connectivity index (χ2v) is 6.34. The number of anilines is 2. The van der Waals surface area contributed by atoms with Crippen molar-refractivity contribution < 1.29 is 23.9 Å². The fourth-order valence-electron chi connectivity index (χ4n) is 2.24. The first-order valence-electron chi connectivity index (χ1n) is 8.45. The molecule has 0 saturated heterocycles. The van der Waals surface area contributed by atoms with Gasteiger partial charge in [0, 0.05) is 28.4 Å². The SMILES string of the molecule is CC(=O)c1cccc(NC(=O)CCC(=O)OCC(=O)Nc2cccc(Cl)c2)c1. The minimum atomic E-state index is -0.672. The molecular formula is C20H19ClN2O5. The molecule has 8 heteroatoms. The van der Waals surface area contributed by atoms with Crippen molar-refractivity contribution in [3.8, 4) is 0 Å². The predicted octanol–water partition coefficient (Wildman–Crippen LogP) is 3.44. The van der Waals surface area contributed by atoms with Crippen molar-refractivity contribution in [3.05, 3.63) is 59.1 Å². The average Bonchev–Trinajstić information content (AvgIpc) is 2.65. The van der Waals surface area contributed by atoms with Crippen LogP contribution in [-0.2, 0) is 19.1 Å². The third kappa shape index (κ3) is 7.20. The molecule has 2 rings (SSSR count). The number of carbonyl (C=O) groups is 4. The van der Waals surface area contributed by atoms with Gasteiger partial charge < -0.3 is 15.4 Å². The summed E-state index contributed by atoms with van der Waals surface area (Å²) in [5.74, 6) is -1.70. The largest absolute Gasteiger partial charge is 0.456 e. The molecule has 0 unspecified atom stereocenters. The summed E-state index contributed by atoms with van der Waals surface area (Å²) >= 11 is 5.82. The number of carbonyl (C=O) groups excluding carboxylic acids is 4. The molecule has 0 aliphatic carbocycles. The second kappa shape index (κ2) is 10.2. The minimum absolute atomic E-state index is 0.112. The van der Waals surface area contributed by atoms with Crippen LogP contribution in [-0.4, -0.2) is 30.2 Å². The van der Waals surface area contributed by atoms with Gasteiger partial charge in [-0.1, -0.05) is 29.8 Å². The number of ketones is 1. The molecule has 0 fully saturated rings. The number of amides is 2. The molecule has 2 aromatic rings. The van der Waals surface area contributed by atoms with Gasteiger partial charge in [0.1, 0.15) is 0 Å². The number of hydrogen-bond acceptors (Lipinski definition) is 5. The molecule has 7 nitrogen and oxygen atoms in total. The van der Waals surface area contributed by atoms with E-state index in [0.29, 0.717) is 22.0 Å². The second-order valence-electron chi connectivity index (χ2n) is 5.90. The van der Waals surface area contributed by atoms with Gasteiger partial charge >= 0.3 is 5.97 Å². The van der Waals surface area contributed by atoms with Crippen LogP contribution in [0, 0.1) is 0 Å². The Hall–Kier alpha value is -3.19. The summed E-state index contributed by atoms with van der Waals surface area (Å²) in [5, 5.41) is 5.61.